The van der Waals surface area contributed by atoms with Gasteiger partial charge in [0.25, 0.3) is 0 Å². The molecule has 9 heteroatoms. The van der Waals surface area contributed by atoms with Crippen molar-refractivity contribution < 1.29 is 8.42 Å². The van der Waals surface area contributed by atoms with Crippen LogP contribution in [0.15, 0.2) is 51.7 Å². The Kier molecular flexibility index (Phi) is 7.27. The fourth-order valence-electron chi connectivity index (χ4n) is 2.67. The minimum atomic E-state index is -3.64. The Balaban J connectivity index is 0.00000280. The van der Waals surface area contributed by atoms with Gasteiger partial charge in [0.05, 0.1) is 16.4 Å². The van der Waals surface area contributed by atoms with Crippen LogP contribution < -0.4 is 9.52 Å². The molecule has 0 saturated heterocycles. The van der Waals surface area contributed by atoms with Crippen LogP contribution in [0.2, 0.25) is 5.02 Å². The summed E-state index contributed by atoms with van der Waals surface area (Å²) in [7, 11) is -0.357. The highest BCUT2D eigenvalue weighted by Gasteiger charge is 2.18. The summed E-state index contributed by atoms with van der Waals surface area (Å²) < 4.78 is 28.6. The zero-order chi connectivity index (χ0) is 19.8. The standard InChI is InChI=1S/C19H20ClN3O2S2.BrH/c1-12-6-5-7-16(13(12)2)22-19-23(4)17(11-26-19)14-8-9-15(20)18(10-14)27(24,25)21-3;/h5-11,21H,1-4H3;1H/b22-19+;. The van der Waals surface area contributed by atoms with Gasteiger partial charge in [0.1, 0.15) is 4.90 Å². The molecule has 28 heavy (non-hydrogen) atoms. The molecule has 0 spiro atoms. The van der Waals surface area contributed by atoms with Crippen molar-refractivity contribution in [3.05, 3.63) is 62.7 Å². The number of aromatic nitrogens is 1. The van der Waals surface area contributed by atoms with Crippen molar-refractivity contribution in [2.24, 2.45) is 12.0 Å². The Hall–Kier alpha value is -1.45. The molecular formula is C19H21BrClN3O2S2. The van der Waals surface area contributed by atoms with E-state index in [1.165, 1.54) is 23.9 Å². The number of nitrogens with zero attached hydrogens (tertiary/aromatic N) is 2. The van der Waals surface area contributed by atoms with E-state index in [0.717, 1.165) is 27.3 Å². The van der Waals surface area contributed by atoms with Gasteiger partial charge >= 0.3 is 0 Å². The van der Waals surface area contributed by atoms with Crippen LogP contribution in [0.5, 0.6) is 0 Å². The third-order valence-electron chi connectivity index (χ3n) is 4.50. The number of hydrogen-bond acceptors (Lipinski definition) is 4. The highest BCUT2D eigenvalue weighted by molar-refractivity contribution is 8.93. The van der Waals surface area contributed by atoms with Crippen molar-refractivity contribution >= 4 is 55.6 Å². The summed E-state index contributed by atoms with van der Waals surface area (Å²) in [6, 6.07) is 11.0. The van der Waals surface area contributed by atoms with Crippen LogP contribution in [-0.2, 0) is 17.1 Å². The van der Waals surface area contributed by atoms with Gasteiger partial charge in [-0.15, -0.1) is 28.3 Å². The van der Waals surface area contributed by atoms with Gasteiger partial charge in [0.2, 0.25) is 10.0 Å². The Labute approximate surface area is 184 Å². The number of rotatable bonds is 4. The molecule has 0 saturated carbocycles. The predicted octanol–water partition coefficient (Wildman–Crippen LogP) is 4.74. The lowest BCUT2D eigenvalue weighted by Gasteiger charge is -2.09. The quantitative estimate of drug-likeness (QED) is 0.560. The van der Waals surface area contributed by atoms with Crippen LogP contribution >= 0.6 is 39.9 Å². The summed E-state index contributed by atoms with van der Waals surface area (Å²) in [4.78, 5) is 5.66. The van der Waals surface area contributed by atoms with E-state index in [1.807, 2.05) is 29.1 Å². The third-order valence-corrected chi connectivity index (χ3v) is 7.31. The maximum absolute atomic E-state index is 12.2. The van der Waals surface area contributed by atoms with Crippen molar-refractivity contribution in [1.29, 1.82) is 0 Å². The van der Waals surface area contributed by atoms with Crippen LogP contribution in [0.25, 0.3) is 11.3 Å². The monoisotopic (exact) mass is 501 g/mol. The lowest BCUT2D eigenvalue weighted by Crippen LogP contribution is -2.19. The molecule has 1 N–H and O–H groups in total. The molecule has 0 unspecified atom stereocenters. The fourth-order valence-corrected chi connectivity index (χ4v) is 4.84. The summed E-state index contributed by atoms with van der Waals surface area (Å²) in [5, 5.41) is 2.15. The molecule has 1 aromatic heterocycles. The zero-order valence-corrected chi connectivity index (χ0v) is 20.0. The summed E-state index contributed by atoms with van der Waals surface area (Å²) in [5.41, 5.74) is 4.88. The number of nitrogens with one attached hydrogen (secondary N) is 1. The number of halogens is 2. The second-order valence-electron chi connectivity index (χ2n) is 6.15. The third kappa shape index (κ3) is 4.41. The summed E-state index contributed by atoms with van der Waals surface area (Å²) in [6.07, 6.45) is 0. The highest BCUT2D eigenvalue weighted by atomic mass is 79.9. The summed E-state index contributed by atoms with van der Waals surface area (Å²) >= 11 is 7.59. The van der Waals surface area contributed by atoms with E-state index >= 15 is 0 Å². The molecule has 0 aliphatic carbocycles. The fraction of sp³-hybridized carbons (Fsp3) is 0.211. The average Bonchev–Trinajstić information content (AvgIpc) is 3.00. The van der Waals surface area contributed by atoms with Crippen LogP contribution in [0, 0.1) is 13.8 Å². The Morgan fingerprint density at radius 3 is 2.57 bits per heavy atom. The maximum Gasteiger partial charge on any atom is 0.241 e. The lowest BCUT2D eigenvalue weighted by molar-refractivity contribution is 0.588. The van der Waals surface area contributed by atoms with E-state index in [2.05, 4.69) is 24.6 Å². The summed E-state index contributed by atoms with van der Waals surface area (Å²) in [5.74, 6) is 0. The van der Waals surface area contributed by atoms with Crippen LogP contribution in [-0.4, -0.2) is 20.0 Å². The van der Waals surface area contributed by atoms with Crippen LogP contribution in [0.1, 0.15) is 11.1 Å². The molecule has 0 aliphatic rings. The lowest BCUT2D eigenvalue weighted by atomic mass is 10.1. The van der Waals surface area contributed by atoms with Crippen LogP contribution in [0.3, 0.4) is 0 Å². The number of sulfonamides is 1. The second kappa shape index (κ2) is 8.92. The van der Waals surface area contributed by atoms with E-state index < -0.39 is 10.0 Å². The summed E-state index contributed by atoms with van der Waals surface area (Å²) in [6.45, 7) is 4.11. The first-order valence-electron chi connectivity index (χ1n) is 8.23. The molecule has 0 fully saturated rings. The van der Waals surface area contributed by atoms with Gasteiger partial charge in [-0.3, -0.25) is 0 Å². The first-order chi connectivity index (χ1) is 12.7. The molecule has 1 heterocycles. The molecule has 0 radical (unpaired) electrons. The highest BCUT2D eigenvalue weighted by Crippen LogP contribution is 2.28. The van der Waals surface area contributed by atoms with E-state index in [4.69, 9.17) is 16.6 Å². The van der Waals surface area contributed by atoms with Crippen molar-refractivity contribution in [2.45, 2.75) is 18.7 Å². The largest absolute Gasteiger partial charge is 0.320 e. The zero-order valence-electron chi connectivity index (χ0n) is 15.9. The van der Waals surface area contributed by atoms with Gasteiger partial charge in [-0.25, -0.2) is 18.1 Å². The Bertz CT molecular complexity index is 1180. The van der Waals surface area contributed by atoms with Crippen molar-refractivity contribution in [3.8, 4) is 11.3 Å². The first kappa shape index (κ1) is 22.8. The molecule has 2 aromatic carbocycles. The molecule has 0 atom stereocenters. The average molecular weight is 503 g/mol. The van der Waals surface area contributed by atoms with E-state index in [1.54, 1.807) is 18.2 Å². The van der Waals surface area contributed by atoms with Gasteiger partial charge in [0.15, 0.2) is 4.80 Å². The van der Waals surface area contributed by atoms with Crippen LogP contribution in [0.4, 0.5) is 5.69 Å². The molecule has 0 aliphatic heterocycles. The molecule has 3 rings (SSSR count). The maximum atomic E-state index is 12.2. The molecular weight excluding hydrogens is 482 g/mol. The first-order valence-corrected chi connectivity index (χ1v) is 11.0. The van der Waals surface area contributed by atoms with E-state index in [-0.39, 0.29) is 26.9 Å². The minimum absolute atomic E-state index is 0. The molecule has 5 nitrogen and oxygen atoms in total. The predicted molar refractivity (Wildman–Crippen MR) is 121 cm³/mol. The molecule has 0 amide bonds. The van der Waals surface area contributed by atoms with Gasteiger partial charge in [-0.05, 0) is 50.2 Å². The number of hydrogen-bond donors (Lipinski definition) is 1. The van der Waals surface area contributed by atoms with Gasteiger partial charge in [0, 0.05) is 18.0 Å². The van der Waals surface area contributed by atoms with Crippen molar-refractivity contribution in [3.63, 3.8) is 0 Å². The van der Waals surface area contributed by atoms with Gasteiger partial charge in [-0.1, -0.05) is 29.8 Å². The molecule has 3 aromatic rings. The number of thiazole rings is 1. The van der Waals surface area contributed by atoms with E-state index in [9.17, 15) is 8.42 Å². The second-order valence-corrected chi connectivity index (χ2v) is 9.24. The molecule has 150 valence electrons. The minimum Gasteiger partial charge on any atom is -0.320 e. The van der Waals surface area contributed by atoms with Gasteiger partial charge in [-0.2, -0.15) is 0 Å². The van der Waals surface area contributed by atoms with Crippen molar-refractivity contribution in [2.75, 3.05) is 7.05 Å². The topological polar surface area (TPSA) is 63.5 Å². The number of benzene rings is 2. The molecule has 0 bridgehead atoms. The normalized spacial score (nSPS) is 12.1. The SMILES string of the molecule is Br.CNS(=O)(=O)c1cc(-c2cs/c(=N/c3cccc(C)c3C)n2C)ccc1Cl. The van der Waals surface area contributed by atoms with E-state index in [0.29, 0.717) is 0 Å². The smallest absolute Gasteiger partial charge is 0.241 e. The Morgan fingerprint density at radius 2 is 1.89 bits per heavy atom. The van der Waals surface area contributed by atoms with Gasteiger partial charge < -0.3 is 4.57 Å². The van der Waals surface area contributed by atoms with Crippen molar-refractivity contribution in [1.82, 2.24) is 9.29 Å². The number of aryl methyl sites for hydroxylation is 1. The Morgan fingerprint density at radius 1 is 1.18 bits per heavy atom.